The quantitative estimate of drug-likeness (QED) is 0.243. The van der Waals surface area contributed by atoms with Crippen LogP contribution < -0.4 is 4.90 Å². The van der Waals surface area contributed by atoms with Crippen LogP contribution in [-0.4, -0.2) is 41.0 Å². The van der Waals surface area contributed by atoms with E-state index in [-0.39, 0.29) is 22.4 Å². The molecule has 2 aliphatic rings. The first kappa shape index (κ1) is 19.4. The number of Topliss-reactive ketones (excluding diaryl/α,β-unsaturated/α-hetero) is 1. The smallest absolute Gasteiger partial charge is 0.270 e. The van der Waals surface area contributed by atoms with Gasteiger partial charge in [0.2, 0.25) is 0 Å². The first-order valence-electron chi connectivity index (χ1n) is 8.66. The molecule has 148 valence electrons. The Kier molecular flexibility index (Phi) is 4.60. The molecule has 0 unspecified atom stereocenters. The minimum absolute atomic E-state index is 0.00988. The van der Waals surface area contributed by atoms with E-state index in [0.717, 1.165) is 22.7 Å². The molecule has 0 saturated heterocycles. The summed E-state index contributed by atoms with van der Waals surface area (Å²) in [6, 6.07) is 12.6. The van der Waals surface area contributed by atoms with Crippen LogP contribution in [0.2, 0.25) is 0 Å². The molecule has 0 aromatic heterocycles. The van der Waals surface area contributed by atoms with Gasteiger partial charge in [-0.1, -0.05) is 23.9 Å². The van der Waals surface area contributed by atoms with E-state index >= 15 is 0 Å². The number of benzene rings is 2. The molecule has 4 rings (SSSR count). The monoisotopic (exact) mass is 420 g/mol. The summed E-state index contributed by atoms with van der Waals surface area (Å²) in [7, 11) is 1.72. The molecule has 2 heterocycles. The Hall–Kier alpha value is -3.97. The summed E-state index contributed by atoms with van der Waals surface area (Å²) in [6.45, 7) is -0.628. The van der Waals surface area contributed by atoms with E-state index in [0.29, 0.717) is 9.93 Å². The summed E-state index contributed by atoms with van der Waals surface area (Å²) in [5.41, 5.74) is 0.203. The first-order valence-corrected chi connectivity index (χ1v) is 9.48. The molecule has 0 saturated carbocycles. The summed E-state index contributed by atoms with van der Waals surface area (Å²) in [4.78, 5) is 51.6. The number of nitro benzene ring substituents is 1. The molecule has 0 atom stereocenters. The summed E-state index contributed by atoms with van der Waals surface area (Å²) in [5, 5.41) is 21.0. The molecule has 0 radical (unpaired) electrons. The topological polar surface area (TPSA) is 125 Å². The van der Waals surface area contributed by atoms with Gasteiger partial charge in [-0.05, 0) is 18.2 Å². The zero-order valence-corrected chi connectivity index (χ0v) is 16.3. The Labute approximate surface area is 174 Å². The second-order valence-electron chi connectivity index (χ2n) is 6.53. The Morgan fingerprint density at radius 1 is 1.17 bits per heavy atom. The van der Waals surface area contributed by atoms with Gasteiger partial charge in [-0.3, -0.25) is 29.4 Å². The van der Waals surface area contributed by atoms with Crippen molar-refractivity contribution in [1.82, 2.24) is 4.90 Å². The van der Waals surface area contributed by atoms with E-state index in [4.69, 9.17) is 0 Å². The SMILES string of the molecule is CN1/C(=C(/C#N)C(=O)CN2C(=O)c3ccc([N+](=O)[O-])cc3C2=O)Sc2ccccc21. The Morgan fingerprint density at radius 3 is 2.53 bits per heavy atom. The van der Waals surface area contributed by atoms with Crippen LogP contribution in [0.3, 0.4) is 0 Å². The van der Waals surface area contributed by atoms with Crippen molar-refractivity contribution in [2.45, 2.75) is 4.90 Å². The molecule has 0 bridgehead atoms. The zero-order chi connectivity index (χ0) is 21.6. The van der Waals surface area contributed by atoms with E-state index in [1.807, 2.05) is 30.3 Å². The van der Waals surface area contributed by atoms with Crippen molar-refractivity contribution >= 4 is 40.7 Å². The van der Waals surface area contributed by atoms with Crippen molar-refractivity contribution in [3.8, 4) is 6.07 Å². The van der Waals surface area contributed by atoms with Crippen LogP contribution in [0.1, 0.15) is 20.7 Å². The highest BCUT2D eigenvalue weighted by Crippen LogP contribution is 2.46. The number of hydrogen-bond acceptors (Lipinski definition) is 8. The average molecular weight is 420 g/mol. The number of carbonyl (C=O) groups excluding carboxylic acids is 3. The van der Waals surface area contributed by atoms with Crippen LogP contribution >= 0.6 is 11.8 Å². The average Bonchev–Trinajstić information content (AvgIpc) is 3.18. The van der Waals surface area contributed by atoms with Gasteiger partial charge in [-0.2, -0.15) is 5.26 Å². The third-order valence-electron chi connectivity index (χ3n) is 4.81. The molecular formula is C20H12N4O5S. The van der Waals surface area contributed by atoms with Gasteiger partial charge >= 0.3 is 0 Å². The predicted molar refractivity (Wildman–Crippen MR) is 107 cm³/mol. The van der Waals surface area contributed by atoms with Gasteiger partial charge in [-0.25, -0.2) is 0 Å². The minimum Gasteiger partial charge on any atom is -0.337 e. The van der Waals surface area contributed by atoms with Crippen LogP contribution in [0.5, 0.6) is 0 Å². The molecule has 2 aliphatic heterocycles. The normalized spacial score (nSPS) is 16.3. The number of nitro groups is 1. The van der Waals surface area contributed by atoms with Gasteiger partial charge in [0.15, 0.2) is 5.78 Å². The van der Waals surface area contributed by atoms with Crippen LogP contribution in [0.15, 0.2) is 58.0 Å². The summed E-state index contributed by atoms with van der Waals surface area (Å²) < 4.78 is 0. The van der Waals surface area contributed by atoms with Crippen LogP contribution in [0, 0.1) is 21.4 Å². The molecule has 2 amide bonds. The lowest BCUT2D eigenvalue weighted by Crippen LogP contribution is -2.35. The van der Waals surface area contributed by atoms with Crippen molar-refractivity contribution < 1.29 is 19.3 Å². The lowest BCUT2D eigenvalue weighted by Gasteiger charge is -2.16. The van der Waals surface area contributed by atoms with Crippen molar-refractivity contribution in [2.75, 3.05) is 18.5 Å². The van der Waals surface area contributed by atoms with Crippen LogP contribution in [0.25, 0.3) is 0 Å². The Balaban J connectivity index is 1.62. The number of hydrogen-bond donors (Lipinski definition) is 0. The highest BCUT2D eigenvalue weighted by molar-refractivity contribution is 8.03. The fourth-order valence-corrected chi connectivity index (χ4v) is 4.47. The van der Waals surface area contributed by atoms with E-state index in [1.54, 1.807) is 11.9 Å². The second kappa shape index (κ2) is 7.13. The van der Waals surface area contributed by atoms with Gasteiger partial charge in [0.05, 0.1) is 28.3 Å². The maximum Gasteiger partial charge on any atom is 0.270 e. The lowest BCUT2D eigenvalue weighted by atomic mass is 10.1. The molecule has 0 spiro atoms. The number of imide groups is 1. The van der Waals surface area contributed by atoms with E-state index in [1.165, 1.54) is 17.8 Å². The van der Waals surface area contributed by atoms with Crippen LogP contribution in [-0.2, 0) is 4.79 Å². The third kappa shape index (κ3) is 2.92. The van der Waals surface area contributed by atoms with Gasteiger partial charge in [0.1, 0.15) is 16.7 Å². The van der Waals surface area contributed by atoms with Gasteiger partial charge < -0.3 is 4.90 Å². The number of rotatable bonds is 4. The summed E-state index contributed by atoms with van der Waals surface area (Å²) in [6.07, 6.45) is 0. The molecule has 0 fully saturated rings. The first-order chi connectivity index (χ1) is 14.3. The van der Waals surface area contributed by atoms with Crippen molar-refractivity contribution in [3.05, 3.63) is 74.3 Å². The van der Waals surface area contributed by atoms with E-state index in [9.17, 15) is 29.8 Å². The highest BCUT2D eigenvalue weighted by Gasteiger charge is 2.39. The second-order valence-corrected chi connectivity index (χ2v) is 7.56. The minimum atomic E-state index is -0.801. The number of amides is 2. The maximum atomic E-state index is 12.9. The number of carbonyl (C=O) groups is 3. The van der Waals surface area contributed by atoms with Gasteiger partial charge in [0, 0.05) is 24.1 Å². The molecule has 10 heteroatoms. The number of nitriles is 1. The van der Waals surface area contributed by atoms with Crippen molar-refractivity contribution in [2.24, 2.45) is 0 Å². The molecule has 0 aliphatic carbocycles. The lowest BCUT2D eigenvalue weighted by molar-refractivity contribution is -0.384. The van der Waals surface area contributed by atoms with Gasteiger partial charge in [0.25, 0.3) is 17.5 Å². The number of para-hydroxylation sites is 1. The van der Waals surface area contributed by atoms with E-state index in [2.05, 4.69) is 0 Å². The highest BCUT2D eigenvalue weighted by atomic mass is 32.2. The number of fused-ring (bicyclic) bond motifs is 2. The molecule has 0 N–H and O–H groups in total. The van der Waals surface area contributed by atoms with E-state index < -0.39 is 29.1 Å². The largest absolute Gasteiger partial charge is 0.337 e. The molecule has 30 heavy (non-hydrogen) atoms. The number of nitrogens with zero attached hydrogens (tertiary/aromatic N) is 4. The standard InChI is InChI=1S/C20H12N4O5S/c1-22-15-4-2-3-5-17(15)30-20(22)14(9-21)16(25)10-23-18(26)12-7-6-11(24(28)29)8-13(12)19(23)27/h2-8H,10H2,1H3/b20-14+. The van der Waals surface area contributed by atoms with Crippen LogP contribution in [0.4, 0.5) is 11.4 Å². The summed E-state index contributed by atoms with van der Waals surface area (Å²) in [5.74, 6) is -2.22. The van der Waals surface area contributed by atoms with Crippen molar-refractivity contribution in [3.63, 3.8) is 0 Å². The predicted octanol–water partition coefficient (Wildman–Crippen LogP) is 2.74. The number of thioether (sulfide) groups is 1. The molecule has 2 aromatic carbocycles. The Morgan fingerprint density at radius 2 is 1.87 bits per heavy atom. The fourth-order valence-electron chi connectivity index (χ4n) is 3.31. The zero-order valence-electron chi connectivity index (χ0n) is 15.5. The molecule has 2 aromatic rings. The number of non-ortho nitro benzene ring substituents is 1. The van der Waals surface area contributed by atoms with Crippen molar-refractivity contribution in [1.29, 1.82) is 5.26 Å². The fraction of sp³-hybridized carbons (Fsp3) is 0.100. The third-order valence-corrected chi connectivity index (χ3v) is 6.05. The van der Waals surface area contributed by atoms with Gasteiger partial charge in [-0.15, -0.1) is 0 Å². The molecule has 9 nitrogen and oxygen atoms in total. The number of anilines is 1. The number of ketones is 1. The summed E-state index contributed by atoms with van der Waals surface area (Å²) >= 11 is 1.26. The Bertz CT molecular complexity index is 1230. The maximum absolute atomic E-state index is 12.9. The molecular weight excluding hydrogens is 408 g/mol.